The summed E-state index contributed by atoms with van der Waals surface area (Å²) in [5.41, 5.74) is 2.60. The molecule has 1 unspecified atom stereocenters. The summed E-state index contributed by atoms with van der Waals surface area (Å²) in [6.45, 7) is 7.35. The molecule has 0 aliphatic carbocycles. The van der Waals surface area contributed by atoms with E-state index in [1.807, 2.05) is 11.8 Å². The predicted molar refractivity (Wildman–Crippen MR) is 100 cm³/mol. The third-order valence-electron chi connectivity index (χ3n) is 5.36. The standard InChI is InChI=1S/C18H30N6O3/c1-13(17(25)20-5-3-11-27-2)23-7-9-24(10-8-23)18(26)16-14-12-19-6-4-15(14)21-22-16/h13,19H,3-12H2,1-2H3,(H,20,25)(H,21,22). The van der Waals surface area contributed by atoms with E-state index in [0.717, 1.165) is 30.6 Å². The number of nitrogens with zero attached hydrogens (tertiary/aromatic N) is 3. The number of amides is 2. The fraction of sp³-hybridized carbons (Fsp3) is 0.722. The molecule has 0 aromatic carbocycles. The first-order valence-corrected chi connectivity index (χ1v) is 9.68. The average molecular weight is 378 g/mol. The number of hydrogen-bond donors (Lipinski definition) is 3. The fourth-order valence-electron chi connectivity index (χ4n) is 3.61. The van der Waals surface area contributed by atoms with Crippen LogP contribution >= 0.6 is 0 Å². The van der Waals surface area contributed by atoms with Crippen molar-refractivity contribution in [3.63, 3.8) is 0 Å². The topological polar surface area (TPSA) is 103 Å². The molecule has 1 atom stereocenters. The van der Waals surface area contributed by atoms with Crippen molar-refractivity contribution < 1.29 is 14.3 Å². The van der Waals surface area contributed by atoms with Crippen molar-refractivity contribution in [3.8, 4) is 0 Å². The van der Waals surface area contributed by atoms with Gasteiger partial charge in [-0.05, 0) is 13.3 Å². The van der Waals surface area contributed by atoms with Gasteiger partial charge in [0.15, 0.2) is 5.69 Å². The summed E-state index contributed by atoms with van der Waals surface area (Å²) in [5.74, 6) is 0.00541. The van der Waals surface area contributed by atoms with E-state index < -0.39 is 0 Å². The second-order valence-electron chi connectivity index (χ2n) is 7.10. The van der Waals surface area contributed by atoms with E-state index in [4.69, 9.17) is 4.74 Å². The number of aromatic amines is 1. The van der Waals surface area contributed by atoms with Crippen LogP contribution in [0.1, 0.15) is 35.1 Å². The van der Waals surface area contributed by atoms with Crippen LogP contribution in [0.15, 0.2) is 0 Å². The highest BCUT2D eigenvalue weighted by Crippen LogP contribution is 2.18. The second-order valence-corrected chi connectivity index (χ2v) is 7.10. The second kappa shape index (κ2) is 9.29. The monoisotopic (exact) mass is 378 g/mol. The van der Waals surface area contributed by atoms with Crippen LogP contribution in [0.2, 0.25) is 0 Å². The lowest BCUT2D eigenvalue weighted by Crippen LogP contribution is -2.55. The van der Waals surface area contributed by atoms with Crippen LogP contribution in [-0.4, -0.2) is 90.8 Å². The van der Waals surface area contributed by atoms with E-state index in [9.17, 15) is 9.59 Å². The Bertz CT molecular complexity index is 654. The van der Waals surface area contributed by atoms with Gasteiger partial charge < -0.3 is 20.3 Å². The van der Waals surface area contributed by atoms with Gasteiger partial charge >= 0.3 is 0 Å². The molecule has 0 bridgehead atoms. The smallest absolute Gasteiger partial charge is 0.274 e. The minimum atomic E-state index is -0.202. The molecular weight excluding hydrogens is 348 g/mol. The molecule has 1 saturated heterocycles. The number of rotatable bonds is 7. The number of carbonyl (C=O) groups is 2. The first-order chi connectivity index (χ1) is 13.1. The summed E-state index contributed by atoms with van der Waals surface area (Å²) in [6.07, 6.45) is 1.68. The van der Waals surface area contributed by atoms with Crippen molar-refractivity contribution in [1.82, 2.24) is 30.6 Å². The summed E-state index contributed by atoms with van der Waals surface area (Å²) in [7, 11) is 1.65. The fourth-order valence-corrected chi connectivity index (χ4v) is 3.61. The largest absolute Gasteiger partial charge is 0.385 e. The summed E-state index contributed by atoms with van der Waals surface area (Å²) in [6, 6.07) is -0.202. The van der Waals surface area contributed by atoms with Gasteiger partial charge in [0, 0.05) is 77.2 Å². The van der Waals surface area contributed by atoms with Gasteiger partial charge in [-0.3, -0.25) is 19.6 Å². The molecule has 9 heteroatoms. The van der Waals surface area contributed by atoms with Gasteiger partial charge in [0.1, 0.15) is 0 Å². The Morgan fingerprint density at radius 1 is 1.30 bits per heavy atom. The molecule has 9 nitrogen and oxygen atoms in total. The van der Waals surface area contributed by atoms with Gasteiger partial charge in [0.2, 0.25) is 5.91 Å². The normalized spacial score (nSPS) is 18.8. The molecule has 3 rings (SSSR count). The molecule has 0 spiro atoms. The number of carbonyl (C=O) groups excluding carboxylic acids is 2. The third-order valence-corrected chi connectivity index (χ3v) is 5.36. The zero-order chi connectivity index (χ0) is 19.2. The molecule has 0 saturated carbocycles. The number of H-pyrrole nitrogens is 1. The summed E-state index contributed by atoms with van der Waals surface area (Å²) >= 11 is 0. The Hall–Kier alpha value is -1.97. The molecule has 1 aromatic rings. The lowest BCUT2D eigenvalue weighted by atomic mass is 10.1. The van der Waals surface area contributed by atoms with E-state index in [-0.39, 0.29) is 17.9 Å². The number of fused-ring (bicyclic) bond motifs is 1. The van der Waals surface area contributed by atoms with E-state index in [0.29, 0.717) is 51.6 Å². The van der Waals surface area contributed by atoms with Crippen molar-refractivity contribution >= 4 is 11.8 Å². The van der Waals surface area contributed by atoms with Gasteiger partial charge in [-0.2, -0.15) is 5.10 Å². The molecule has 150 valence electrons. The van der Waals surface area contributed by atoms with Crippen LogP contribution in [0.25, 0.3) is 0 Å². The first-order valence-electron chi connectivity index (χ1n) is 9.68. The molecule has 3 N–H and O–H groups in total. The van der Waals surface area contributed by atoms with Crippen LogP contribution in [-0.2, 0) is 22.5 Å². The van der Waals surface area contributed by atoms with Crippen molar-refractivity contribution in [2.24, 2.45) is 0 Å². The number of aromatic nitrogens is 2. The molecule has 1 aromatic heterocycles. The Morgan fingerprint density at radius 3 is 2.81 bits per heavy atom. The van der Waals surface area contributed by atoms with Gasteiger partial charge in [-0.25, -0.2) is 0 Å². The number of methoxy groups -OCH3 is 1. The maximum Gasteiger partial charge on any atom is 0.274 e. The van der Waals surface area contributed by atoms with Gasteiger partial charge in [-0.1, -0.05) is 0 Å². The maximum atomic E-state index is 12.9. The third kappa shape index (κ3) is 4.66. The average Bonchev–Trinajstić information content (AvgIpc) is 3.14. The number of ether oxygens (including phenoxy) is 1. The van der Waals surface area contributed by atoms with Crippen LogP contribution < -0.4 is 10.6 Å². The Kier molecular flexibility index (Phi) is 6.81. The SMILES string of the molecule is COCCCNC(=O)C(C)N1CCN(C(=O)c2n[nH]c3c2CNCC3)CC1. The number of hydrogen-bond acceptors (Lipinski definition) is 6. The molecule has 2 aliphatic rings. The molecule has 1 fully saturated rings. The van der Waals surface area contributed by atoms with Crippen molar-refractivity contribution in [1.29, 1.82) is 0 Å². The van der Waals surface area contributed by atoms with E-state index in [1.54, 1.807) is 7.11 Å². The van der Waals surface area contributed by atoms with Crippen molar-refractivity contribution in [2.45, 2.75) is 32.4 Å². The highest BCUT2D eigenvalue weighted by molar-refractivity contribution is 5.94. The Morgan fingerprint density at radius 2 is 2.07 bits per heavy atom. The van der Waals surface area contributed by atoms with E-state index in [2.05, 4.69) is 25.7 Å². The Labute approximate surface area is 159 Å². The lowest BCUT2D eigenvalue weighted by Gasteiger charge is -2.37. The van der Waals surface area contributed by atoms with Crippen LogP contribution in [0.4, 0.5) is 0 Å². The molecule has 27 heavy (non-hydrogen) atoms. The zero-order valence-electron chi connectivity index (χ0n) is 16.2. The zero-order valence-corrected chi connectivity index (χ0v) is 16.2. The van der Waals surface area contributed by atoms with E-state index >= 15 is 0 Å². The van der Waals surface area contributed by atoms with Crippen LogP contribution in [0.3, 0.4) is 0 Å². The predicted octanol–water partition coefficient (Wildman–Crippen LogP) is -0.646. The summed E-state index contributed by atoms with van der Waals surface area (Å²) in [4.78, 5) is 29.1. The first kappa shape index (κ1) is 19.8. The summed E-state index contributed by atoms with van der Waals surface area (Å²) in [5, 5.41) is 13.5. The highest BCUT2D eigenvalue weighted by Gasteiger charge is 2.30. The summed E-state index contributed by atoms with van der Waals surface area (Å²) < 4.78 is 4.99. The molecule has 2 aliphatic heterocycles. The quantitative estimate of drug-likeness (QED) is 0.545. The number of nitrogens with one attached hydrogen (secondary N) is 3. The number of piperazine rings is 1. The van der Waals surface area contributed by atoms with Crippen molar-refractivity contribution in [2.75, 3.05) is 53.0 Å². The highest BCUT2D eigenvalue weighted by atomic mass is 16.5. The molecule has 3 heterocycles. The van der Waals surface area contributed by atoms with E-state index in [1.165, 1.54) is 0 Å². The van der Waals surface area contributed by atoms with Gasteiger partial charge in [0.25, 0.3) is 5.91 Å². The lowest BCUT2D eigenvalue weighted by molar-refractivity contribution is -0.126. The van der Waals surface area contributed by atoms with Gasteiger partial charge in [-0.15, -0.1) is 0 Å². The Balaban J connectivity index is 1.49. The molecular formula is C18H30N6O3. The minimum absolute atomic E-state index is 0.0208. The van der Waals surface area contributed by atoms with Crippen LogP contribution in [0.5, 0.6) is 0 Å². The minimum Gasteiger partial charge on any atom is -0.385 e. The van der Waals surface area contributed by atoms with Gasteiger partial charge in [0.05, 0.1) is 6.04 Å². The molecule has 0 radical (unpaired) electrons. The van der Waals surface area contributed by atoms with Crippen LogP contribution in [0, 0.1) is 0 Å². The maximum absolute atomic E-state index is 12.9. The van der Waals surface area contributed by atoms with Crippen molar-refractivity contribution in [3.05, 3.63) is 17.0 Å². The molecule has 2 amide bonds.